The first-order valence-corrected chi connectivity index (χ1v) is 13.5. The lowest BCUT2D eigenvalue weighted by Crippen LogP contribution is -2.42. The van der Waals surface area contributed by atoms with Gasteiger partial charge in [0.05, 0.1) is 30.9 Å². The second kappa shape index (κ2) is 12.1. The van der Waals surface area contributed by atoms with Crippen LogP contribution in [0.1, 0.15) is 22.5 Å². The molecule has 1 aliphatic rings. The Morgan fingerprint density at radius 3 is 2.41 bits per heavy atom. The molecule has 5 rings (SSSR count). The van der Waals surface area contributed by atoms with Crippen LogP contribution in [0.15, 0.2) is 72.2 Å². The summed E-state index contributed by atoms with van der Waals surface area (Å²) in [6.07, 6.45) is 3.60. The molecule has 0 saturated carbocycles. The van der Waals surface area contributed by atoms with Gasteiger partial charge in [0.1, 0.15) is 18.0 Å². The number of imidazole rings is 1. The number of methoxy groups -OCH3 is 2. The Hall–Kier alpha value is -4.15. The molecule has 1 aliphatic heterocycles. The number of carbonyl (C=O) groups is 2. The van der Waals surface area contributed by atoms with Crippen molar-refractivity contribution in [3.63, 3.8) is 0 Å². The normalized spacial score (nSPS) is 14.7. The van der Waals surface area contributed by atoms with Gasteiger partial charge < -0.3 is 19.1 Å². The molecule has 0 bridgehead atoms. The zero-order chi connectivity index (χ0) is 27.2. The first-order chi connectivity index (χ1) is 19.0. The third-order valence-corrected chi connectivity index (χ3v) is 7.35. The molecule has 3 heterocycles. The maximum Gasteiger partial charge on any atom is 0.264 e. The summed E-state index contributed by atoms with van der Waals surface area (Å²) >= 11 is 1.36. The maximum atomic E-state index is 13.4. The third kappa shape index (κ3) is 6.30. The maximum absolute atomic E-state index is 13.4. The Labute approximate surface area is 230 Å². The zero-order valence-electron chi connectivity index (χ0n) is 21.8. The minimum absolute atomic E-state index is 0.0790. The zero-order valence-corrected chi connectivity index (χ0v) is 22.6. The summed E-state index contributed by atoms with van der Waals surface area (Å²) in [7, 11) is 3.23. The molecule has 39 heavy (non-hydrogen) atoms. The Kier molecular flexibility index (Phi) is 8.24. The van der Waals surface area contributed by atoms with E-state index in [-0.39, 0.29) is 24.5 Å². The van der Waals surface area contributed by atoms with Crippen molar-refractivity contribution >= 4 is 29.1 Å². The SMILES string of the molecule is COc1ccc(-c2cn(-c3ccc(OC)cc3)c(NC(=O)CN(C[C@H]3CCCO3)C(=O)c3cccs3)n2)cc1. The fourth-order valence-corrected chi connectivity index (χ4v) is 5.15. The second-order valence-corrected chi connectivity index (χ2v) is 10.0. The summed E-state index contributed by atoms with van der Waals surface area (Å²) in [5, 5.41) is 4.78. The number of anilines is 1. The Balaban J connectivity index is 1.41. The van der Waals surface area contributed by atoms with Gasteiger partial charge in [-0.15, -0.1) is 11.3 Å². The average molecular weight is 547 g/mol. The number of aromatic nitrogens is 2. The molecule has 1 saturated heterocycles. The van der Waals surface area contributed by atoms with Crippen LogP contribution in [0.25, 0.3) is 16.9 Å². The van der Waals surface area contributed by atoms with Crippen LogP contribution in [-0.2, 0) is 9.53 Å². The van der Waals surface area contributed by atoms with Gasteiger partial charge in [-0.05, 0) is 72.8 Å². The van der Waals surface area contributed by atoms with E-state index in [0.29, 0.717) is 29.7 Å². The van der Waals surface area contributed by atoms with Crippen molar-refractivity contribution in [1.29, 1.82) is 0 Å². The molecule has 9 nitrogen and oxygen atoms in total. The largest absolute Gasteiger partial charge is 0.497 e. The molecule has 1 atom stereocenters. The highest BCUT2D eigenvalue weighted by Crippen LogP contribution is 2.27. The van der Waals surface area contributed by atoms with E-state index in [2.05, 4.69) is 5.32 Å². The van der Waals surface area contributed by atoms with Gasteiger partial charge in [0.2, 0.25) is 11.9 Å². The second-order valence-electron chi connectivity index (χ2n) is 9.09. The Bertz CT molecular complexity index is 1390. The quantitative estimate of drug-likeness (QED) is 0.305. The lowest BCUT2D eigenvalue weighted by atomic mass is 10.1. The molecule has 4 aromatic rings. The molecule has 0 aliphatic carbocycles. The predicted molar refractivity (Wildman–Crippen MR) is 150 cm³/mol. The summed E-state index contributed by atoms with van der Waals surface area (Å²) in [4.78, 5) is 33.5. The van der Waals surface area contributed by atoms with Gasteiger partial charge in [-0.1, -0.05) is 6.07 Å². The van der Waals surface area contributed by atoms with Crippen molar-refractivity contribution in [1.82, 2.24) is 14.5 Å². The highest BCUT2D eigenvalue weighted by atomic mass is 32.1. The van der Waals surface area contributed by atoms with Crippen molar-refractivity contribution in [2.75, 3.05) is 39.2 Å². The van der Waals surface area contributed by atoms with E-state index in [0.717, 1.165) is 35.6 Å². The van der Waals surface area contributed by atoms with Gasteiger partial charge in [-0.3, -0.25) is 19.5 Å². The highest BCUT2D eigenvalue weighted by Gasteiger charge is 2.26. The minimum Gasteiger partial charge on any atom is -0.497 e. The van der Waals surface area contributed by atoms with Crippen molar-refractivity contribution < 1.29 is 23.8 Å². The number of nitrogens with zero attached hydrogens (tertiary/aromatic N) is 3. The van der Waals surface area contributed by atoms with E-state index in [1.165, 1.54) is 11.3 Å². The summed E-state index contributed by atoms with van der Waals surface area (Å²) in [5.74, 6) is 1.27. The molecule has 202 valence electrons. The van der Waals surface area contributed by atoms with Crippen molar-refractivity contribution in [2.45, 2.75) is 18.9 Å². The molecule has 0 radical (unpaired) electrons. The van der Waals surface area contributed by atoms with E-state index >= 15 is 0 Å². The molecule has 2 aromatic carbocycles. The lowest BCUT2D eigenvalue weighted by Gasteiger charge is -2.24. The highest BCUT2D eigenvalue weighted by molar-refractivity contribution is 7.12. The molecule has 2 aromatic heterocycles. The number of benzene rings is 2. The van der Waals surface area contributed by atoms with E-state index < -0.39 is 0 Å². The van der Waals surface area contributed by atoms with Gasteiger partial charge in [0.15, 0.2) is 0 Å². The topological polar surface area (TPSA) is 94.9 Å². The summed E-state index contributed by atoms with van der Waals surface area (Å²) < 4.78 is 18.1. The van der Waals surface area contributed by atoms with E-state index in [1.807, 2.05) is 70.7 Å². The number of amides is 2. The number of hydrogen-bond acceptors (Lipinski definition) is 7. The standard InChI is InChI=1S/C29H30N4O5S/c1-36-22-11-7-20(8-12-22)25-18-33(21-9-13-23(37-2)14-10-21)29(30-25)31-27(34)19-32(17-24-5-3-15-38-24)28(35)26-6-4-16-39-26/h4,6-14,16,18,24H,3,5,15,17,19H2,1-2H3,(H,30,31,34)/t24-/m1/s1. The van der Waals surface area contributed by atoms with Crippen molar-refractivity contribution in [3.05, 3.63) is 77.1 Å². The molecule has 0 spiro atoms. The van der Waals surface area contributed by atoms with Gasteiger partial charge in [0.25, 0.3) is 5.91 Å². The van der Waals surface area contributed by atoms with Crippen molar-refractivity contribution in [2.24, 2.45) is 0 Å². The van der Waals surface area contributed by atoms with Gasteiger partial charge in [0, 0.05) is 30.6 Å². The van der Waals surface area contributed by atoms with Crippen LogP contribution in [0.4, 0.5) is 5.95 Å². The molecule has 0 unspecified atom stereocenters. The van der Waals surface area contributed by atoms with Crippen LogP contribution in [0.2, 0.25) is 0 Å². The number of thiophene rings is 1. The number of hydrogen-bond donors (Lipinski definition) is 1. The lowest BCUT2D eigenvalue weighted by molar-refractivity contribution is -0.117. The van der Waals surface area contributed by atoms with Gasteiger partial charge in [-0.2, -0.15) is 0 Å². The van der Waals surface area contributed by atoms with Crippen LogP contribution in [-0.4, -0.2) is 66.3 Å². The molecule has 1 fully saturated rings. The van der Waals surface area contributed by atoms with Crippen LogP contribution in [0.3, 0.4) is 0 Å². The number of nitrogens with one attached hydrogen (secondary N) is 1. The molecule has 1 N–H and O–H groups in total. The Morgan fingerprint density at radius 2 is 1.79 bits per heavy atom. The predicted octanol–water partition coefficient (Wildman–Crippen LogP) is 4.88. The fraction of sp³-hybridized carbons (Fsp3) is 0.276. The smallest absolute Gasteiger partial charge is 0.264 e. The van der Waals surface area contributed by atoms with E-state index in [4.69, 9.17) is 19.2 Å². The van der Waals surface area contributed by atoms with Gasteiger partial charge >= 0.3 is 0 Å². The number of ether oxygens (including phenoxy) is 3. The molecular weight excluding hydrogens is 516 g/mol. The first-order valence-electron chi connectivity index (χ1n) is 12.7. The van der Waals surface area contributed by atoms with Crippen molar-refractivity contribution in [3.8, 4) is 28.4 Å². The first kappa shape index (κ1) is 26.5. The summed E-state index contributed by atoms with van der Waals surface area (Å²) in [5.41, 5.74) is 2.34. The molecular formula is C29H30N4O5S. The minimum atomic E-state index is -0.348. The average Bonchev–Trinajstić information content (AvgIpc) is 3.75. The molecule has 10 heteroatoms. The van der Waals surface area contributed by atoms with Gasteiger partial charge in [-0.25, -0.2) is 4.98 Å². The summed E-state index contributed by atoms with van der Waals surface area (Å²) in [6, 6.07) is 18.6. The van der Waals surface area contributed by atoms with Crippen LogP contribution >= 0.6 is 11.3 Å². The molecule has 2 amide bonds. The summed E-state index contributed by atoms with van der Waals surface area (Å²) in [6.45, 7) is 0.906. The van der Waals surface area contributed by atoms with Crippen LogP contribution < -0.4 is 14.8 Å². The third-order valence-electron chi connectivity index (χ3n) is 6.50. The van der Waals surface area contributed by atoms with E-state index in [9.17, 15) is 9.59 Å². The van der Waals surface area contributed by atoms with Crippen LogP contribution in [0, 0.1) is 0 Å². The number of carbonyl (C=O) groups excluding carboxylic acids is 2. The Morgan fingerprint density at radius 1 is 1.08 bits per heavy atom. The van der Waals surface area contributed by atoms with E-state index in [1.54, 1.807) is 25.2 Å². The fourth-order valence-electron chi connectivity index (χ4n) is 4.46. The van der Waals surface area contributed by atoms with Crippen LogP contribution in [0.5, 0.6) is 11.5 Å². The number of rotatable bonds is 10. The monoisotopic (exact) mass is 546 g/mol.